The van der Waals surface area contributed by atoms with E-state index < -0.39 is 0 Å². The lowest BCUT2D eigenvalue weighted by atomic mass is 10.5. The van der Waals surface area contributed by atoms with E-state index in [1.54, 1.807) is 0 Å². The Balaban J connectivity index is 2.90. The summed E-state index contributed by atoms with van der Waals surface area (Å²) in [6.07, 6.45) is 4.45. The first-order valence-corrected chi connectivity index (χ1v) is 2.54. The first-order chi connectivity index (χ1) is 3.91. The van der Waals surface area contributed by atoms with E-state index in [9.17, 15) is 4.79 Å². The van der Waals surface area contributed by atoms with Crippen molar-refractivity contribution in [1.82, 2.24) is 0 Å². The second-order valence-corrected chi connectivity index (χ2v) is 1.31. The SMILES string of the molecule is NCC=CC[NH2+]C=O. The molecule has 0 atom stereocenters. The van der Waals surface area contributed by atoms with Gasteiger partial charge in [0.15, 0.2) is 0 Å². The van der Waals surface area contributed by atoms with E-state index in [2.05, 4.69) is 0 Å². The number of nitrogens with two attached hydrogens (primary N) is 2. The Labute approximate surface area is 48.6 Å². The predicted octanol–water partition coefficient (Wildman–Crippen LogP) is -1.78. The van der Waals surface area contributed by atoms with Crippen molar-refractivity contribution in [1.29, 1.82) is 0 Å². The number of hydrogen-bond donors (Lipinski definition) is 2. The molecule has 3 heteroatoms. The number of amides is 1. The fourth-order valence-electron chi connectivity index (χ4n) is 0.327. The molecule has 1 amide bonds. The Kier molecular flexibility index (Phi) is 5.80. The molecule has 0 radical (unpaired) electrons. The molecule has 0 saturated heterocycles. The third-order valence-corrected chi connectivity index (χ3v) is 0.671. The molecule has 0 aromatic carbocycles. The first-order valence-electron chi connectivity index (χ1n) is 2.54. The maximum absolute atomic E-state index is 9.65. The van der Waals surface area contributed by atoms with Crippen molar-refractivity contribution < 1.29 is 10.1 Å². The Hall–Kier alpha value is -0.670. The summed E-state index contributed by atoms with van der Waals surface area (Å²) in [6, 6.07) is 0. The van der Waals surface area contributed by atoms with Crippen LogP contribution in [0.4, 0.5) is 0 Å². The second kappa shape index (κ2) is 6.33. The van der Waals surface area contributed by atoms with Crippen LogP contribution in [0, 0.1) is 0 Å². The second-order valence-electron chi connectivity index (χ2n) is 1.31. The van der Waals surface area contributed by atoms with Crippen LogP contribution < -0.4 is 11.1 Å². The Bertz CT molecular complexity index is 80.5. The summed E-state index contributed by atoms with van der Waals surface area (Å²) in [6.45, 7) is 1.24. The summed E-state index contributed by atoms with van der Waals surface area (Å²) in [4.78, 5) is 9.65. The van der Waals surface area contributed by atoms with E-state index in [4.69, 9.17) is 5.73 Å². The molecule has 8 heavy (non-hydrogen) atoms. The van der Waals surface area contributed by atoms with Gasteiger partial charge in [-0.3, -0.25) is 5.32 Å². The molecule has 0 spiro atoms. The number of primary amides is 1. The molecule has 0 aliphatic rings. The van der Waals surface area contributed by atoms with Gasteiger partial charge >= 0.3 is 0 Å². The smallest absolute Gasteiger partial charge is 0.298 e. The summed E-state index contributed by atoms with van der Waals surface area (Å²) in [5.74, 6) is 0. The Morgan fingerprint density at radius 1 is 1.50 bits per heavy atom. The van der Waals surface area contributed by atoms with E-state index in [1.807, 2.05) is 12.2 Å². The normalized spacial score (nSPS) is 10.1. The molecule has 0 aliphatic carbocycles. The van der Waals surface area contributed by atoms with E-state index in [1.165, 1.54) is 5.32 Å². The van der Waals surface area contributed by atoms with Gasteiger partial charge in [0.1, 0.15) is 6.54 Å². The maximum atomic E-state index is 9.65. The predicted molar refractivity (Wildman–Crippen MR) is 31.1 cm³/mol. The highest BCUT2D eigenvalue weighted by molar-refractivity contribution is 5.31. The molecule has 0 rings (SSSR count). The lowest BCUT2D eigenvalue weighted by molar-refractivity contribution is -0.544. The summed E-state index contributed by atoms with van der Waals surface area (Å²) in [7, 11) is 0. The van der Waals surface area contributed by atoms with Crippen molar-refractivity contribution in [3.63, 3.8) is 0 Å². The number of carbonyl (C=O) groups is 1. The van der Waals surface area contributed by atoms with Gasteiger partial charge in [0.25, 0.3) is 6.41 Å². The highest BCUT2D eigenvalue weighted by atomic mass is 16.1. The van der Waals surface area contributed by atoms with Gasteiger partial charge in [-0.25, -0.2) is 4.79 Å². The highest BCUT2D eigenvalue weighted by Crippen LogP contribution is 1.57. The average molecular weight is 115 g/mol. The molecular formula is C5H11N2O+. The van der Waals surface area contributed by atoms with Gasteiger partial charge in [-0.2, -0.15) is 0 Å². The zero-order valence-electron chi connectivity index (χ0n) is 4.71. The van der Waals surface area contributed by atoms with E-state index in [0.29, 0.717) is 13.1 Å². The van der Waals surface area contributed by atoms with Gasteiger partial charge in [-0.15, -0.1) is 0 Å². The van der Waals surface area contributed by atoms with Crippen molar-refractivity contribution in [3.05, 3.63) is 12.2 Å². The third-order valence-electron chi connectivity index (χ3n) is 0.671. The molecule has 0 fully saturated rings. The summed E-state index contributed by atoms with van der Waals surface area (Å²) in [5, 5.41) is 1.53. The molecule has 46 valence electrons. The molecule has 0 bridgehead atoms. The van der Waals surface area contributed by atoms with Gasteiger partial charge < -0.3 is 5.73 Å². The molecule has 0 aromatic rings. The summed E-state index contributed by atoms with van der Waals surface area (Å²) < 4.78 is 0. The minimum absolute atomic E-state index is 0.548. The van der Waals surface area contributed by atoms with Gasteiger partial charge in [0, 0.05) is 6.54 Å². The zero-order valence-corrected chi connectivity index (χ0v) is 4.71. The molecule has 0 aromatic heterocycles. The molecule has 4 N–H and O–H groups in total. The molecule has 0 heterocycles. The van der Waals surface area contributed by atoms with Crippen LogP contribution in [0.3, 0.4) is 0 Å². The van der Waals surface area contributed by atoms with Crippen LogP contribution in [-0.2, 0) is 4.79 Å². The van der Waals surface area contributed by atoms with Gasteiger partial charge in [-0.1, -0.05) is 6.08 Å². The quantitative estimate of drug-likeness (QED) is 0.258. The Morgan fingerprint density at radius 3 is 2.75 bits per heavy atom. The maximum Gasteiger partial charge on any atom is 0.298 e. The molecule has 3 nitrogen and oxygen atoms in total. The number of hydrogen-bond acceptors (Lipinski definition) is 2. The van der Waals surface area contributed by atoms with Crippen molar-refractivity contribution >= 4 is 6.41 Å². The third kappa shape index (κ3) is 5.33. The van der Waals surface area contributed by atoms with Crippen LogP contribution in [0.1, 0.15) is 0 Å². The van der Waals surface area contributed by atoms with E-state index in [0.717, 1.165) is 6.41 Å². The van der Waals surface area contributed by atoms with E-state index >= 15 is 0 Å². The van der Waals surface area contributed by atoms with Gasteiger partial charge in [0.05, 0.1) is 0 Å². The highest BCUT2D eigenvalue weighted by Gasteiger charge is 1.74. The van der Waals surface area contributed by atoms with Crippen LogP contribution in [0.25, 0.3) is 0 Å². The summed E-state index contributed by atoms with van der Waals surface area (Å²) >= 11 is 0. The minimum atomic E-state index is 0.548. The lowest BCUT2D eigenvalue weighted by Gasteiger charge is -1.80. The fourth-order valence-corrected chi connectivity index (χ4v) is 0.327. The minimum Gasteiger partial charge on any atom is -0.327 e. The standard InChI is InChI=1S/C5H10N2O/c6-3-1-2-4-7-5-8/h1-2,5H,3-4,6H2,(H,7,8)/p+1. The average Bonchev–Trinajstić information content (AvgIpc) is 1.81. The van der Waals surface area contributed by atoms with Crippen LogP contribution >= 0.6 is 0 Å². The van der Waals surface area contributed by atoms with E-state index in [-0.39, 0.29) is 0 Å². The lowest BCUT2D eigenvalue weighted by Crippen LogP contribution is -2.82. The molecule has 0 unspecified atom stereocenters. The summed E-state index contributed by atoms with van der Waals surface area (Å²) in [5.41, 5.74) is 5.12. The number of quaternary nitrogens is 1. The zero-order chi connectivity index (χ0) is 6.24. The number of carbonyl (C=O) groups excluding carboxylic acids is 1. The first kappa shape index (κ1) is 7.33. The fraction of sp³-hybridized carbons (Fsp3) is 0.400. The monoisotopic (exact) mass is 115 g/mol. The number of rotatable bonds is 4. The van der Waals surface area contributed by atoms with Crippen molar-refractivity contribution in [3.8, 4) is 0 Å². The van der Waals surface area contributed by atoms with Crippen molar-refractivity contribution in [2.45, 2.75) is 0 Å². The van der Waals surface area contributed by atoms with Crippen LogP contribution in [0.2, 0.25) is 0 Å². The Morgan fingerprint density at radius 2 is 2.25 bits per heavy atom. The molecule has 0 saturated carbocycles. The molecule has 0 aliphatic heterocycles. The van der Waals surface area contributed by atoms with Crippen molar-refractivity contribution in [2.75, 3.05) is 13.1 Å². The van der Waals surface area contributed by atoms with Gasteiger partial charge in [0.2, 0.25) is 0 Å². The van der Waals surface area contributed by atoms with Crippen LogP contribution in [-0.4, -0.2) is 19.5 Å². The topological polar surface area (TPSA) is 59.7 Å². The van der Waals surface area contributed by atoms with Crippen LogP contribution in [0.15, 0.2) is 12.2 Å². The largest absolute Gasteiger partial charge is 0.327 e. The molecular weight excluding hydrogens is 104 g/mol. The van der Waals surface area contributed by atoms with Gasteiger partial charge in [-0.05, 0) is 6.08 Å². The van der Waals surface area contributed by atoms with Crippen LogP contribution in [0.5, 0.6) is 0 Å². The van der Waals surface area contributed by atoms with Crippen molar-refractivity contribution in [2.24, 2.45) is 5.73 Å².